The third-order valence-electron chi connectivity index (χ3n) is 3.06. The maximum Gasteiger partial charge on any atom is 0.321 e. The van der Waals surface area contributed by atoms with E-state index in [9.17, 15) is 13.2 Å². The van der Waals surface area contributed by atoms with Crippen LogP contribution < -0.4 is 5.32 Å². The predicted molar refractivity (Wildman–Crippen MR) is 75.9 cm³/mol. The topological polar surface area (TPSA) is 69.7 Å². The van der Waals surface area contributed by atoms with Crippen LogP contribution in [0.2, 0.25) is 0 Å². The normalized spacial score (nSPS) is 17.4. The molecular weight excluding hydrogens is 286 g/mol. The Morgan fingerprint density at radius 2 is 2.05 bits per heavy atom. The van der Waals surface area contributed by atoms with Crippen LogP contribution in [0.1, 0.15) is 6.92 Å². The van der Waals surface area contributed by atoms with Gasteiger partial charge >= 0.3 is 6.03 Å². The number of amides is 2. The molecule has 6 nitrogen and oxygen atoms in total. The lowest BCUT2D eigenvalue weighted by Crippen LogP contribution is -2.51. The molecule has 1 N–H and O–H groups in total. The van der Waals surface area contributed by atoms with Crippen LogP contribution in [0.15, 0.2) is 16.8 Å². The highest BCUT2D eigenvalue weighted by Crippen LogP contribution is 2.14. The summed E-state index contributed by atoms with van der Waals surface area (Å²) in [5, 5.41) is 6.54. The van der Waals surface area contributed by atoms with Crippen LogP contribution in [-0.2, 0) is 10.0 Å². The van der Waals surface area contributed by atoms with Crippen molar-refractivity contribution in [2.75, 3.05) is 37.2 Å². The van der Waals surface area contributed by atoms with Gasteiger partial charge in [-0.15, -0.1) is 0 Å². The minimum absolute atomic E-state index is 0.105. The van der Waals surface area contributed by atoms with E-state index < -0.39 is 10.0 Å². The fraction of sp³-hybridized carbons (Fsp3) is 0.545. The number of thiophene rings is 1. The number of piperazine rings is 1. The van der Waals surface area contributed by atoms with Crippen LogP contribution in [-0.4, -0.2) is 55.6 Å². The fourth-order valence-corrected chi connectivity index (χ4v) is 3.56. The summed E-state index contributed by atoms with van der Waals surface area (Å²) < 4.78 is 24.8. The van der Waals surface area contributed by atoms with Gasteiger partial charge in [0.1, 0.15) is 0 Å². The highest BCUT2D eigenvalue weighted by molar-refractivity contribution is 7.89. The lowest BCUT2D eigenvalue weighted by Gasteiger charge is -2.33. The Kier molecular flexibility index (Phi) is 4.43. The summed E-state index contributed by atoms with van der Waals surface area (Å²) in [6, 6.07) is 1.66. The molecule has 0 unspecified atom stereocenters. The van der Waals surface area contributed by atoms with Gasteiger partial charge in [-0.05, 0) is 18.4 Å². The Hall–Kier alpha value is -1.12. The van der Waals surface area contributed by atoms with Gasteiger partial charge in [0.15, 0.2) is 0 Å². The molecule has 0 saturated carbocycles. The number of nitrogens with zero attached hydrogens (tertiary/aromatic N) is 2. The van der Waals surface area contributed by atoms with E-state index in [0.717, 1.165) is 5.69 Å². The molecule has 0 aliphatic carbocycles. The molecule has 19 heavy (non-hydrogen) atoms. The summed E-state index contributed by atoms with van der Waals surface area (Å²) in [4.78, 5) is 13.6. The number of sulfonamides is 1. The first-order valence-electron chi connectivity index (χ1n) is 6.09. The van der Waals surface area contributed by atoms with Crippen molar-refractivity contribution >= 4 is 33.1 Å². The van der Waals surface area contributed by atoms with Gasteiger partial charge in [-0.2, -0.15) is 15.6 Å². The molecule has 0 spiro atoms. The summed E-state index contributed by atoms with van der Waals surface area (Å²) in [6.07, 6.45) is 0. The van der Waals surface area contributed by atoms with E-state index in [4.69, 9.17) is 0 Å². The zero-order valence-electron chi connectivity index (χ0n) is 10.7. The molecule has 0 bridgehead atoms. The molecule has 1 saturated heterocycles. The van der Waals surface area contributed by atoms with Gasteiger partial charge in [-0.3, -0.25) is 0 Å². The van der Waals surface area contributed by atoms with Crippen molar-refractivity contribution in [1.82, 2.24) is 9.21 Å². The summed E-state index contributed by atoms with van der Waals surface area (Å²) >= 11 is 1.51. The van der Waals surface area contributed by atoms with Crippen molar-refractivity contribution in [2.24, 2.45) is 0 Å². The number of nitrogens with one attached hydrogen (secondary N) is 1. The van der Waals surface area contributed by atoms with Crippen molar-refractivity contribution in [3.8, 4) is 0 Å². The predicted octanol–water partition coefficient (Wildman–Crippen LogP) is 1.25. The van der Waals surface area contributed by atoms with Crippen LogP contribution >= 0.6 is 11.3 Å². The minimum atomic E-state index is -3.14. The number of rotatable bonds is 3. The molecule has 1 aromatic rings. The van der Waals surface area contributed by atoms with Crippen LogP contribution in [0, 0.1) is 0 Å². The van der Waals surface area contributed by atoms with Gasteiger partial charge in [0.25, 0.3) is 0 Å². The summed E-state index contributed by atoms with van der Waals surface area (Å²) in [5.74, 6) is 0.105. The second-order valence-corrected chi connectivity index (χ2v) is 7.27. The van der Waals surface area contributed by atoms with Gasteiger partial charge < -0.3 is 10.2 Å². The standard InChI is InChI=1S/C11H17N3O3S2/c1-2-19(16,17)14-6-4-13(5-7-14)11(15)12-10-3-8-18-9-10/h3,8-9H,2,4-7H2,1H3,(H,12,15). The second kappa shape index (κ2) is 5.89. The third kappa shape index (κ3) is 3.46. The molecule has 2 amide bonds. The molecule has 2 rings (SSSR count). The summed E-state index contributed by atoms with van der Waals surface area (Å²) in [6.45, 7) is 3.22. The number of urea groups is 1. The van der Waals surface area contributed by atoms with E-state index in [0.29, 0.717) is 26.2 Å². The second-order valence-electron chi connectivity index (χ2n) is 4.23. The van der Waals surface area contributed by atoms with Crippen LogP contribution in [0.25, 0.3) is 0 Å². The van der Waals surface area contributed by atoms with E-state index in [1.54, 1.807) is 11.8 Å². The Morgan fingerprint density at radius 3 is 2.58 bits per heavy atom. The van der Waals surface area contributed by atoms with Crippen molar-refractivity contribution in [1.29, 1.82) is 0 Å². The first-order valence-corrected chi connectivity index (χ1v) is 8.64. The molecule has 8 heteroatoms. The van der Waals surface area contributed by atoms with Crippen LogP contribution in [0.4, 0.5) is 10.5 Å². The maximum atomic E-state index is 11.9. The van der Waals surface area contributed by atoms with Gasteiger partial charge in [0, 0.05) is 31.6 Å². The molecule has 1 aliphatic heterocycles. The molecule has 106 valence electrons. The number of hydrogen-bond acceptors (Lipinski definition) is 4. The molecule has 2 heterocycles. The van der Waals surface area contributed by atoms with Crippen molar-refractivity contribution in [3.63, 3.8) is 0 Å². The highest BCUT2D eigenvalue weighted by Gasteiger charge is 2.27. The molecular formula is C11H17N3O3S2. The minimum Gasteiger partial charge on any atom is -0.322 e. The number of anilines is 1. The van der Waals surface area contributed by atoms with Crippen molar-refractivity contribution in [2.45, 2.75) is 6.92 Å². The SMILES string of the molecule is CCS(=O)(=O)N1CCN(C(=O)Nc2ccsc2)CC1. The van der Waals surface area contributed by atoms with Gasteiger partial charge in [-0.25, -0.2) is 13.2 Å². The first-order chi connectivity index (χ1) is 9.03. The summed E-state index contributed by atoms with van der Waals surface area (Å²) in [7, 11) is -3.14. The molecule has 0 atom stereocenters. The van der Waals surface area contributed by atoms with Gasteiger partial charge in [-0.1, -0.05) is 0 Å². The average Bonchev–Trinajstić information content (AvgIpc) is 2.91. The lowest BCUT2D eigenvalue weighted by atomic mass is 10.4. The number of carbonyl (C=O) groups is 1. The van der Waals surface area contributed by atoms with E-state index in [1.807, 2.05) is 16.8 Å². The van der Waals surface area contributed by atoms with Gasteiger partial charge in [0.2, 0.25) is 10.0 Å². The quantitative estimate of drug-likeness (QED) is 0.913. The smallest absolute Gasteiger partial charge is 0.321 e. The molecule has 0 aromatic carbocycles. The lowest BCUT2D eigenvalue weighted by molar-refractivity contribution is 0.184. The Labute approximate surface area is 117 Å². The molecule has 1 aromatic heterocycles. The molecule has 0 radical (unpaired) electrons. The van der Waals surface area contributed by atoms with E-state index in [-0.39, 0.29) is 11.8 Å². The Morgan fingerprint density at radius 1 is 1.37 bits per heavy atom. The monoisotopic (exact) mass is 303 g/mol. The maximum absolute atomic E-state index is 11.9. The fourth-order valence-electron chi connectivity index (χ4n) is 1.89. The zero-order chi connectivity index (χ0) is 13.9. The average molecular weight is 303 g/mol. The highest BCUT2D eigenvalue weighted by atomic mass is 32.2. The molecule has 1 fully saturated rings. The van der Waals surface area contributed by atoms with E-state index in [2.05, 4.69) is 5.32 Å². The summed E-state index contributed by atoms with van der Waals surface area (Å²) in [5.41, 5.74) is 0.776. The Balaban J connectivity index is 1.88. The van der Waals surface area contributed by atoms with Crippen LogP contribution in [0.3, 0.4) is 0 Å². The van der Waals surface area contributed by atoms with E-state index >= 15 is 0 Å². The number of hydrogen-bond donors (Lipinski definition) is 1. The van der Waals surface area contributed by atoms with E-state index in [1.165, 1.54) is 15.6 Å². The zero-order valence-corrected chi connectivity index (χ0v) is 12.3. The van der Waals surface area contributed by atoms with Crippen molar-refractivity contribution < 1.29 is 13.2 Å². The molecule has 1 aliphatic rings. The first kappa shape index (κ1) is 14.3. The Bertz CT molecular complexity index is 519. The van der Waals surface area contributed by atoms with Crippen molar-refractivity contribution in [3.05, 3.63) is 16.8 Å². The van der Waals surface area contributed by atoms with Crippen LogP contribution in [0.5, 0.6) is 0 Å². The third-order valence-corrected chi connectivity index (χ3v) is 5.62. The number of carbonyl (C=O) groups excluding carboxylic acids is 1. The van der Waals surface area contributed by atoms with Gasteiger partial charge in [0.05, 0.1) is 11.4 Å². The largest absolute Gasteiger partial charge is 0.322 e.